The van der Waals surface area contributed by atoms with Crippen molar-refractivity contribution in [2.24, 2.45) is 0 Å². The Kier molecular flexibility index (Phi) is 5.14. The van der Waals surface area contributed by atoms with Gasteiger partial charge in [0, 0.05) is 6.42 Å². The Bertz CT molecular complexity index is 813. The summed E-state index contributed by atoms with van der Waals surface area (Å²) in [5, 5.41) is 1.85. The zero-order chi connectivity index (χ0) is 17.8. The van der Waals surface area contributed by atoms with E-state index >= 15 is 0 Å². The van der Waals surface area contributed by atoms with Crippen LogP contribution in [0.2, 0.25) is 0 Å². The fourth-order valence-electron chi connectivity index (χ4n) is 2.51. The highest BCUT2D eigenvalue weighted by molar-refractivity contribution is 8.01. The highest BCUT2D eigenvalue weighted by Crippen LogP contribution is 2.29. The quantitative estimate of drug-likeness (QED) is 0.835. The average molecular weight is 358 g/mol. The summed E-state index contributed by atoms with van der Waals surface area (Å²) in [7, 11) is 0. The molecule has 0 saturated carbocycles. The molecule has 0 aliphatic carbocycles. The molecule has 5 nitrogen and oxygen atoms in total. The Morgan fingerprint density at radius 1 is 1.12 bits per heavy atom. The van der Waals surface area contributed by atoms with E-state index in [9.17, 15) is 18.8 Å². The van der Waals surface area contributed by atoms with Gasteiger partial charge in [-0.25, -0.2) is 9.29 Å². The molecule has 1 heterocycles. The van der Waals surface area contributed by atoms with Crippen molar-refractivity contribution in [1.29, 1.82) is 0 Å². The van der Waals surface area contributed by atoms with Gasteiger partial charge < -0.3 is 5.32 Å². The zero-order valence-corrected chi connectivity index (χ0v) is 14.0. The molecule has 3 rings (SSSR count). The molecule has 1 aliphatic heterocycles. The van der Waals surface area contributed by atoms with Crippen molar-refractivity contribution in [2.75, 3.05) is 16.0 Å². The monoisotopic (exact) mass is 358 g/mol. The first-order valence-electron chi connectivity index (χ1n) is 7.64. The summed E-state index contributed by atoms with van der Waals surface area (Å²) in [6, 6.07) is 14.5. The summed E-state index contributed by atoms with van der Waals surface area (Å²) in [6.07, 6.45) is 0.0470. The minimum Gasteiger partial charge on any atom is -0.323 e. The van der Waals surface area contributed by atoms with E-state index < -0.39 is 17.0 Å². The Morgan fingerprint density at radius 2 is 1.80 bits per heavy atom. The maximum atomic E-state index is 13.5. The second kappa shape index (κ2) is 7.48. The third-order valence-electron chi connectivity index (χ3n) is 3.68. The zero-order valence-electron chi connectivity index (χ0n) is 13.1. The molecule has 2 aromatic rings. The van der Waals surface area contributed by atoms with E-state index in [1.165, 1.54) is 18.2 Å². The number of nitrogens with one attached hydrogen (secondary N) is 1. The topological polar surface area (TPSA) is 66.5 Å². The third-order valence-corrected chi connectivity index (χ3v) is 4.88. The highest BCUT2D eigenvalue weighted by Gasteiger charge is 2.39. The summed E-state index contributed by atoms with van der Waals surface area (Å²) in [5.74, 6) is -1.61. The van der Waals surface area contributed by atoms with Crippen molar-refractivity contribution < 1.29 is 18.8 Å². The molecule has 1 aliphatic rings. The van der Waals surface area contributed by atoms with Crippen LogP contribution < -0.4 is 10.2 Å². The fourth-order valence-corrected chi connectivity index (χ4v) is 3.44. The molecule has 0 bridgehead atoms. The molecule has 0 unspecified atom stereocenters. The summed E-state index contributed by atoms with van der Waals surface area (Å²) in [5.41, 5.74) is 0.615. The van der Waals surface area contributed by atoms with Gasteiger partial charge in [0.25, 0.3) is 0 Å². The number of thioether (sulfide) groups is 1. The van der Waals surface area contributed by atoms with Crippen LogP contribution in [0.3, 0.4) is 0 Å². The standard InChI is InChI=1S/C18H15FN2O3S/c19-13-8-4-5-9-14(13)20-16(22)11-25-15-10-17(23)21(18(15)24)12-6-2-1-3-7-12/h1-9,15H,10-11H2,(H,20,22)/t15-/m1/s1. The number of anilines is 2. The molecule has 1 saturated heterocycles. The molecule has 1 fully saturated rings. The van der Waals surface area contributed by atoms with Crippen LogP contribution in [-0.2, 0) is 14.4 Å². The molecule has 1 N–H and O–H groups in total. The second-order valence-corrected chi connectivity index (χ2v) is 6.63. The SMILES string of the molecule is O=C(CS[C@@H]1CC(=O)N(c2ccccc2)C1=O)Nc1ccccc1F. The van der Waals surface area contributed by atoms with E-state index in [0.717, 1.165) is 16.7 Å². The van der Waals surface area contributed by atoms with Crippen LogP contribution >= 0.6 is 11.8 Å². The molecule has 0 spiro atoms. The molecule has 128 valence electrons. The van der Waals surface area contributed by atoms with E-state index in [4.69, 9.17) is 0 Å². The normalized spacial score (nSPS) is 17.0. The lowest BCUT2D eigenvalue weighted by Gasteiger charge is -2.14. The molecule has 0 aromatic heterocycles. The summed E-state index contributed by atoms with van der Waals surface area (Å²) in [4.78, 5) is 37.6. The molecule has 2 aromatic carbocycles. The molecule has 1 atom stereocenters. The van der Waals surface area contributed by atoms with Crippen molar-refractivity contribution in [3.8, 4) is 0 Å². The van der Waals surface area contributed by atoms with Crippen LogP contribution in [0.15, 0.2) is 54.6 Å². The number of amides is 3. The van der Waals surface area contributed by atoms with Crippen LogP contribution in [0.25, 0.3) is 0 Å². The lowest BCUT2D eigenvalue weighted by atomic mass is 10.3. The van der Waals surface area contributed by atoms with E-state index in [0.29, 0.717) is 5.69 Å². The van der Waals surface area contributed by atoms with Gasteiger partial charge in [0.2, 0.25) is 17.7 Å². The number of imide groups is 1. The van der Waals surface area contributed by atoms with Gasteiger partial charge in [-0.1, -0.05) is 30.3 Å². The first kappa shape index (κ1) is 17.2. The predicted molar refractivity (Wildman–Crippen MR) is 94.8 cm³/mol. The molecule has 7 heteroatoms. The van der Waals surface area contributed by atoms with Crippen LogP contribution in [0.5, 0.6) is 0 Å². The van der Waals surface area contributed by atoms with Crippen molar-refractivity contribution in [3.05, 3.63) is 60.4 Å². The fraction of sp³-hybridized carbons (Fsp3) is 0.167. The molecule has 25 heavy (non-hydrogen) atoms. The van der Waals surface area contributed by atoms with Crippen molar-refractivity contribution in [2.45, 2.75) is 11.7 Å². The van der Waals surface area contributed by atoms with Gasteiger partial charge in [-0.05, 0) is 24.3 Å². The third kappa shape index (κ3) is 3.88. The number of nitrogens with zero attached hydrogens (tertiary/aromatic N) is 1. The predicted octanol–water partition coefficient (Wildman–Crippen LogP) is 2.83. The van der Waals surface area contributed by atoms with Crippen LogP contribution in [0.4, 0.5) is 15.8 Å². The van der Waals surface area contributed by atoms with Gasteiger partial charge in [0.15, 0.2) is 0 Å². The van der Waals surface area contributed by atoms with Crippen LogP contribution in [0.1, 0.15) is 6.42 Å². The first-order valence-corrected chi connectivity index (χ1v) is 8.69. The lowest BCUT2D eigenvalue weighted by Crippen LogP contribution is -2.31. The van der Waals surface area contributed by atoms with Gasteiger partial charge in [0.1, 0.15) is 5.82 Å². The number of halogens is 1. The van der Waals surface area contributed by atoms with Gasteiger partial charge in [0.05, 0.1) is 22.4 Å². The summed E-state index contributed by atoms with van der Waals surface area (Å²) >= 11 is 1.08. The number of hydrogen-bond acceptors (Lipinski definition) is 4. The van der Waals surface area contributed by atoms with Crippen LogP contribution in [-0.4, -0.2) is 28.7 Å². The number of para-hydroxylation sites is 2. The van der Waals surface area contributed by atoms with Crippen LogP contribution in [0, 0.1) is 5.82 Å². The maximum absolute atomic E-state index is 13.5. The van der Waals surface area contributed by atoms with Gasteiger partial charge in [-0.15, -0.1) is 11.8 Å². The summed E-state index contributed by atoms with van der Waals surface area (Å²) < 4.78 is 13.5. The smallest absolute Gasteiger partial charge is 0.247 e. The number of carbonyl (C=O) groups is 3. The van der Waals surface area contributed by atoms with Gasteiger partial charge in [-0.3, -0.25) is 14.4 Å². The van der Waals surface area contributed by atoms with Gasteiger partial charge >= 0.3 is 0 Å². The number of carbonyl (C=O) groups excluding carboxylic acids is 3. The Morgan fingerprint density at radius 3 is 2.52 bits per heavy atom. The van der Waals surface area contributed by atoms with E-state index in [1.807, 2.05) is 0 Å². The summed E-state index contributed by atoms with van der Waals surface area (Å²) in [6.45, 7) is 0. The first-order chi connectivity index (χ1) is 12.1. The van der Waals surface area contributed by atoms with Crippen molar-refractivity contribution >= 4 is 40.9 Å². The van der Waals surface area contributed by atoms with E-state index in [-0.39, 0.29) is 29.7 Å². The number of rotatable bonds is 5. The second-order valence-electron chi connectivity index (χ2n) is 5.43. The minimum absolute atomic E-state index is 0.0410. The Labute approximate surface area is 148 Å². The number of benzene rings is 2. The largest absolute Gasteiger partial charge is 0.323 e. The molecular formula is C18H15FN2O3S. The van der Waals surface area contributed by atoms with Gasteiger partial charge in [-0.2, -0.15) is 0 Å². The Hall–Kier alpha value is -2.67. The van der Waals surface area contributed by atoms with Crippen molar-refractivity contribution in [1.82, 2.24) is 0 Å². The molecule has 3 amide bonds. The molecular weight excluding hydrogens is 343 g/mol. The average Bonchev–Trinajstić information content (AvgIpc) is 2.89. The van der Waals surface area contributed by atoms with Crippen molar-refractivity contribution in [3.63, 3.8) is 0 Å². The maximum Gasteiger partial charge on any atom is 0.247 e. The molecule has 0 radical (unpaired) electrons. The van der Waals surface area contributed by atoms with E-state index in [2.05, 4.69) is 5.32 Å². The highest BCUT2D eigenvalue weighted by atomic mass is 32.2. The minimum atomic E-state index is -0.612. The number of hydrogen-bond donors (Lipinski definition) is 1. The Balaban J connectivity index is 1.59. The van der Waals surface area contributed by atoms with E-state index in [1.54, 1.807) is 36.4 Å². The lowest BCUT2D eigenvalue weighted by molar-refractivity contribution is -0.121.